The Balaban J connectivity index is 1.55. The number of carbonyl (C=O) groups is 1. The SMILES string of the molecule is COC(=O)c1ccc2c(c1)NCC21CCN(c2nnccc2C)CC1. The van der Waals surface area contributed by atoms with Crippen LogP contribution in [0.1, 0.15) is 34.3 Å². The van der Waals surface area contributed by atoms with E-state index in [1.165, 1.54) is 18.2 Å². The largest absolute Gasteiger partial charge is 0.465 e. The van der Waals surface area contributed by atoms with Crippen molar-refractivity contribution in [2.45, 2.75) is 25.2 Å². The summed E-state index contributed by atoms with van der Waals surface area (Å²) in [5, 5.41) is 11.8. The zero-order chi connectivity index (χ0) is 17.4. The van der Waals surface area contributed by atoms with E-state index >= 15 is 0 Å². The van der Waals surface area contributed by atoms with Crippen molar-refractivity contribution >= 4 is 17.5 Å². The van der Waals surface area contributed by atoms with Crippen molar-refractivity contribution in [2.24, 2.45) is 0 Å². The van der Waals surface area contributed by atoms with Crippen molar-refractivity contribution in [2.75, 3.05) is 37.0 Å². The zero-order valence-corrected chi connectivity index (χ0v) is 14.6. The van der Waals surface area contributed by atoms with Crippen LogP contribution in [0, 0.1) is 6.92 Å². The molecule has 1 aromatic carbocycles. The molecular weight excluding hydrogens is 316 g/mol. The Bertz CT molecular complexity index is 813. The van der Waals surface area contributed by atoms with Gasteiger partial charge in [-0.1, -0.05) is 6.07 Å². The topological polar surface area (TPSA) is 67.3 Å². The molecule has 2 aliphatic rings. The summed E-state index contributed by atoms with van der Waals surface area (Å²) in [4.78, 5) is 14.1. The Morgan fingerprint density at radius 2 is 2.08 bits per heavy atom. The third kappa shape index (κ3) is 2.62. The second-order valence-corrected chi connectivity index (χ2v) is 6.91. The number of hydrogen-bond donors (Lipinski definition) is 1. The summed E-state index contributed by atoms with van der Waals surface area (Å²) >= 11 is 0. The van der Waals surface area contributed by atoms with E-state index in [1.807, 2.05) is 18.2 Å². The number of fused-ring (bicyclic) bond motifs is 2. The third-order valence-corrected chi connectivity index (χ3v) is 5.55. The highest BCUT2D eigenvalue weighted by molar-refractivity contribution is 5.91. The predicted octanol–water partition coefficient (Wildman–Crippen LogP) is 2.54. The van der Waals surface area contributed by atoms with Crippen LogP contribution in [0.25, 0.3) is 0 Å². The fourth-order valence-corrected chi connectivity index (χ4v) is 4.05. The molecule has 0 saturated carbocycles. The lowest BCUT2D eigenvalue weighted by Gasteiger charge is -2.40. The van der Waals surface area contributed by atoms with E-state index in [0.29, 0.717) is 5.56 Å². The van der Waals surface area contributed by atoms with E-state index in [-0.39, 0.29) is 11.4 Å². The minimum absolute atomic E-state index is 0.136. The molecule has 25 heavy (non-hydrogen) atoms. The molecule has 0 bridgehead atoms. The summed E-state index contributed by atoms with van der Waals surface area (Å²) in [5.41, 5.74) is 4.27. The lowest BCUT2D eigenvalue weighted by molar-refractivity contribution is 0.0601. The molecule has 2 aromatic rings. The maximum absolute atomic E-state index is 11.7. The second-order valence-electron chi connectivity index (χ2n) is 6.91. The van der Waals surface area contributed by atoms with Crippen LogP contribution in [0.4, 0.5) is 11.5 Å². The Labute approximate surface area is 147 Å². The van der Waals surface area contributed by atoms with Crippen molar-refractivity contribution in [1.82, 2.24) is 10.2 Å². The molecule has 4 rings (SSSR count). The molecule has 130 valence electrons. The number of rotatable bonds is 2. The highest BCUT2D eigenvalue weighted by atomic mass is 16.5. The average Bonchev–Trinajstić information content (AvgIpc) is 3.00. The fraction of sp³-hybridized carbons (Fsp3) is 0.421. The predicted molar refractivity (Wildman–Crippen MR) is 96.2 cm³/mol. The summed E-state index contributed by atoms with van der Waals surface area (Å²) in [7, 11) is 1.41. The Morgan fingerprint density at radius 1 is 1.28 bits per heavy atom. The van der Waals surface area contributed by atoms with Gasteiger partial charge in [-0.15, -0.1) is 5.10 Å². The molecule has 2 aliphatic heterocycles. The van der Waals surface area contributed by atoms with Crippen LogP contribution in [0.3, 0.4) is 0 Å². The molecule has 0 aliphatic carbocycles. The molecule has 0 radical (unpaired) electrons. The van der Waals surface area contributed by atoms with E-state index in [2.05, 4.69) is 33.4 Å². The normalized spacial score (nSPS) is 17.9. The first-order valence-corrected chi connectivity index (χ1v) is 8.63. The molecule has 1 N–H and O–H groups in total. The van der Waals surface area contributed by atoms with Crippen molar-refractivity contribution < 1.29 is 9.53 Å². The van der Waals surface area contributed by atoms with Crippen LogP contribution in [0.15, 0.2) is 30.5 Å². The van der Waals surface area contributed by atoms with Gasteiger partial charge in [0.15, 0.2) is 5.82 Å². The summed E-state index contributed by atoms with van der Waals surface area (Å²) in [5.74, 6) is 0.697. The summed E-state index contributed by atoms with van der Waals surface area (Å²) in [6, 6.07) is 7.88. The van der Waals surface area contributed by atoms with Gasteiger partial charge in [-0.05, 0) is 49.1 Å². The molecule has 6 heteroatoms. The number of nitrogens with one attached hydrogen (secondary N) is 1. The molecule has 0 unspecified atom stereocenters. The van der Waals surface area contributed by atoms with Crippen LogP contribution in [0.5, 0.6) is 0 Å². The van der Waals surface area contributed by atoms with Gasteiger partial charge in [0.05, 0.1) is 18.9 Å². The number of hydrogen-bond acceptors (Lipinski definition) is 6. The van der Waals surface area contributed by atoms with Crippen LogP contribution in [-0.4, -0.2) is 42.9 Å². The quantitative estimate of drug-likeness (QED) is 0.849. The highest BCUT2D eigenvalue weighted by Gasteiger charge is 2.42. The first-order chi connectivity index (χ1) is 12.1. The maximum Gasteiger partial charge on any atom is 0.337 e. The Kier molecular flexibility index (Phi) is 3.82. The molecule has 1 spiro atoms. The Morgan fingerprint density at radius 3 is 2.80 bits per heavy atom. The third-order valence-electron chi connectivity index (χ3n) is 5.55. The van der Waals surface area contributed by atoms with Crippen LogP contribution < -0.4 is 10.2 Å². The van der Waals surface area contributed by atoms with Gasteiger partial charge in [-0.2, -0.15) is 5.10 Å². The number of methoxy groups -OCH3 is 1. The van der Waals surface area contributed by atoms with E-state index in [9.17, 15) is 4.79 Å². The molecule has 1 saturated heterocycles. The van der Waals surface area contributed by atoms with Gasteiger partial charge in [0, 0.05) is 30.7 Å². The standard InChI is InChI=1S/C19H22N4O2/c1-13-5-8-21-22-17(13)23-9-6-19(7-10-23)12-20-16-11-14(18(24)25-2)3-4-15(16)19/h3-5,8,11,20H,6-7,9-10,12H2,1-2H3. The van der Waals surface area contributed by atoms with Gasteiger partial charge < -0.3 is 15.0 Å². The monoisotopic (exact) mass is 338 g/mol. The van der Waals surface area contributed by atoms with Crippen molar-refractivity contribution in [1.29, 1.82) is 0 Å². The van der Waals surface area contributed by atoms with Crippen molar-refractivity contribution in [3.05, 3.63) is 47.2 Å². The molecule has 1 aromatic heterocycles. The molecule has 0 amide bonds. The van der Waals surface area contributed by atoms with E-state index in [4.69, 9.17) is 4.74 Å². The number of nitrogens with zero attached hydrogens (tertiary/aromatic N) is 3. The van der Waals surface area contributed by atoms with Gasteiger partial charge in [-0.3, -0.25) is 0 Å². The van der Waals surface area contributed by atoms with Gasteiger partial charge in [-0.25, -0.2) is 4.79 Å². The Hall–Kier alpha value is -2.63. The number of aryl methyl sites for hydroxylation is 1. The number of benzene rings is 1. The van der Waals surface area contributed by atoms with Crippen LogP contribution >= 0.6 is 0 Å². The molecule has 3 heterocycles. The van der Waals surface area contributed by atoms with E-state index in [0.717, 1.165) is 44.0 Å². The van der Waals surface area contributed by atoms with Gasteiger partial charge in [0.1, 0.15) is 0 Å². The van der Waals surface area contributed by atoms with Crippen LogP contribution in [-0.2, 0) is 10.2 Å². The molecular formula is C19H22N4O2. The van der Waals surface area contributed by atoms with Gasteiger partial charge in [0.2, 0.25) is 0 Å². The fourth-order valence-electron chi connectivity index (χ4n) is 4.05. The number of esters is 1. The summed E-state index contributed by atoms with van der Waals surface area (Å²) in [6.45, 7) is 4.91. The van der Waals surface area contributed by atoms with Crippen LogP contribution in [0.2, 0.25) is 0 Å². The smallest absolute Gasteiger partial charge is 0.337 e. The minimum atomic E-state index is -0.293. The second kappa shape index (κ2) is 6.02. The average molecular weight is 338 g/mol. The summed E-state index contributed by atoms with van der Waals surface area (Å²) in [6.07, 6.45) is 3.85. The van der Waals surface area contributed by atoms with E-state index in [1.54, 1.807) is 6.20 Å². The van der Waals surface area contributed by atoms with E-state index < -0.39 is 0 Å². The van der Waals surface area contributed by atoms with Gasteiger partial charge in [0.25, 0.3) is 0 Å². The number of carbonyl (C=O) groups excluding carboxylic acids is 1. The first kappa shape index (κ1) is 15.9. The lowest BCUT2D eigenvalue weighted by atomic mass is 9.74. The zero-order valence-electron chi connectivity index (χ0n) is 14.6. The number of anilines is 2. The molecule has 1 fully saturated rings. The first-order valence-electron chi connectivity index (χ1n) is 8.63. The number of aromatic nitrogens is 2. The lowest BCUT2D eigenvalue weighted by Crippen LogP contribution is -2.44. The van der Waals surface area contributed by atoms with Crippen molar-refractivity contribution in [3.63, 3.8) is 0 Å². The summed E-state index contributed by atoms with van der Waals surface area (Å²) < 4.78 is 4.82. The highest BCUT2D eigenvalue weighted by Crippen LogP contribution is 2.44. The van der Waals surface area contributed by atoms with Crippen molar-refractivity contribution in [3.8, 4) is 0 Å². The minimum Gasteiger partial charge on any atom is -0.465 e. The number of ether oxygens (including phenoxy) is 1. The molecule has 0 atom stereocenters. The van der Waals surface area contributed by atoms with Gasteiger partial charge >= 0.3 is 5.97 Å². The number of piperidine rings is 1. The maximum atomic E-state index is 11.7. The molecule has 6 nitrogen and oxygen atoms in total.